The van der Waals surface area contributed by atoms with Gasteiger partial charge in [0, 0.05) is 12.7 Å². The van der Waals surface area contributed by atoms with Gasteiger partial charge in [0.05, 0.1) is 29.9 Å². The Kier molecular flexibility index (Phi) is 7.58. The number of benzene rings is 2. The first kappa shape index (κ1) is 23.5. The molecule has 0 saturated carbocycles. The summed E-state index contributed by atoms with van der Waals surface area (Å²) in [5.41, 5.74) is 4.29. The monoisotopic (exact) mass is 457 g/mol. The van der Waals surface area contributed by atoms with Crippen LogP contribution in [-0.4, -0.2) is 36.5 Å². The largest absolute Gasteiger partial charge is 0.492 e. The fourth-order valence-electron chi connectivity index (χ4n) is 4.06. The highest BCUT2D eigenvalue weighted by molar-refractivity contribution is 5.99. The zero-order valence-electron chi connectivity index (χ0n) is 19.8. The molecule has 0 saturated heterocycles. The van der Waals surface area contributed by atoms with Crippen molar-refractivity contribution in [1.82, 2.24) is 10.3 Å². The van der Waals surface area contributed by atoms with Gasteiger partial charge in [-0.25, -0.2) is 0 Å². The molecule has 6 heteroatoms. The lowest BCUT2D eigenvalue weighted by atomic mass is 10.00. The van der Waals surface area contributed by atoms with Crippen molar-refractivity contribution in [2.45, 2.75) is 39.0 Å². The quantitative estimate of drug-likeness (QED) is 0.504. The minimum atomic E-state index is -0.228. The molecule has 0 unspecified atom stereocenters. The van der Waals surface area contributed by atoms with Crippen molar-refractivity contribution in [3.8, 4) is 5.75 Å². The zero-order chi connectivity index (χ0) is 23.9. The number of amides is 2. The molecular formula is C28H31N3O3. The summed E-state index contributed by atoms with van der Waals surface area (Å²) in [6.07, 6.45) is 3.57. The molecule has 2 amide bonds. The van der Waals surface area contributed by atoms with E-state index in [0.717, 1.165) is 35.5 Å². The Labute approximate surface area is 201 Å². The van der Waals surface area contributed by atoms with Crippen LogP contribution in [0.25, 0.3) is 0 Å². The maximum absolute atomic E-state index is 13.2. The summed E-state index contributed by atoms with van der Waals surface area (Å²) in [4.78, 5) is 32.1. The van der Waals surface area contributed by atoms with Gasteiger partial charge in [-0.2, -0.15) is 0 Å². The van der Waals surface area contributed by atoms with Crippen molar-refractivity contribution in [2.24, 2.45) is 0 Å². The van der Waals surface area contributed by atoms with Gasteiger partial charge in [-0.3, -0.25) is 14.6 Å². The highest BCUT2D eigenvalue weighted by Gasteiger charge is 2.25. The summed E-state index contributed by atoms with van der Waals surface area (Å²) in [5.74, 6) is 1.02. The molecule has 0 atom stereocenters. The van der Waals surface area contributed by atoms with Crippen LogP contribution in [0.5, 0.6) is 5.75 Å². The maximum atomic E-state index is 13.2. The molecule has 1 aliphatic heterocycles. The number of ether oxygens (including phenoxy) is 1. The topological polar surface area (TPSA) is 71.5 Å². The smallest absolute Gasteiger partial charge is 0.253 e. The zero-order valence-corrected chi connectivity index (χ0v) is 19.8. The first-order valence-electron chi connectivity index (χ1n) is 11.9. The first-order valence-corrected chi connectivity index (χ1v) is 11.9. The van der Waals surface area contributed by atoms with Gasteiger partial charge >= 0.3 is 0 Å². The molecule has 6 nitrogen and oxygen atoms in total. The Balaban J connectivity index is 1.39. The van der Waals surface area contributed by atoms with Crippen molar-refractivity contribution < 1.29 is 14.3 Å². The van der Waals surface area contributed by atoms with Crippen LogP contribution in [0.3, 0.4) is 0 Å². The second-order valence-corrected chi connectivity index (χ2v) is 8.83. The van der Waals surface area contributed by atoms with E-state index in [0.29, 0.717) is 37.6 Å². The number of carbonyl (C=O) groups is 2. The van der Waals surface area contributed by atoms with Gasteiger partial charge in [0.25, 0.3) is 5.91 Å². The number of fused-ring (bicyclic) bond motifs is 1. The van der Waals surface area contributed by atoms with Crippen LogP contribution >= 0.6 is 0 Å². The SMILES string of the molecule is CC(C)c1ccc(CC(=O)N2CCCc3ncc(C(=O)NCCOc4ccccc4)cc32)cc1. The van der Waals surface area contributed by atoms with Crippen LogP contribution in [0.2, 0.25) is 0 Å². The van der Waals surface area contributed by atoms with Gasteiger partial charge < -0.3 is 15.0 Å². The van der Waals surface area contributed by atoms with Crippen LogP contribution in [0.15, 0.2) is 66.9 Å². The van der Waals surface area contributed by atoms with Crippen molar-refractivity contribution in [3.63, 3.8) is 0 Å². The summed E-state index contributed by atoms with van der Waals surface area (Å²) in [5, 5.41) is 2.87. The summed E-state index contributed by atoms with van der Waals surface area (Å²) in [7, 11) is 0. The van der Waals surface area contributed by atoms with E-state index in [-0.39, 0.29) is 11.8 Å². The summed E-state index contributed by atoms with van der Waals surface area (Å²) >= 11 is 0. The van der Waals surface area contributed by atoms with E-state index in [4.69, 9.17) is 4.74 Å². The number of rotatable bonds is 8. The Morgan fingerprint density at radius 2 is 1.85 bits per heavy atom. The highest BCUT2D eigenvalue weighted by Crippen LogP contribution is 2.27. The minimum absolute atomic E-state index is 0.0221. The molecule has 4 rings (SSSR count). The number of hydrogen-bond acceptors (Lipinski definition) is 4. The van der Waals surface area contributed by atoms with E-state index >= 15 is 0 Å². The number of nitrogens with one attached hydrogen (secondary N) is 1. The van der Waals surface area contributed by atoms with Crippen molar-refractivity contribution in [1.29, 1.82) is 0 Å². The second kappa shape index (κ2) is 11.0. The number of nitrogens with zero attached hydrogens (tertiary/aromatic N) is 2. The van der Waals surface area contributed by atoms with Crippen LogP contribution in [0, 0.1) is 0 Å². The predicted octanol–water partition coefficient (Wildman–Crippen LogP) is 4.54. The molecule has 3 aromatic rings. The number of aryl methyl sites for hydroxylation is 1. The molecule has 1 aromatic heterocycles. The average Bonchev–Trinajstić information content (AvgIpc) is 2.86. The average molecular weight is 458 g/mol. The fraction of sp³-hybridized carbons (Fsp3) is 0.321. The number of anilines is 1. The summed E-state index contributed by atoms with van der Waals surface area (Å²) < 4.78 is 5.63. The van der Waals surface area contributed by atoms with Gasteiger partial charge in [0.2, 0.25) is 5.91 Å². The molecule has 1 aliphatic rings. The van der Waals surface area contributed by atoms with Crippen molar-refractivity contribution >= 4 is 17.5 Å². The molecule has 0 spiro atoms. The third-order valence-corrected chi connectivity index (χ3v) is 6.00. The Hall–Kier alpha value is -3.67. The van der Waals surface area contributed by atoms with Gasteiger partial charge in [-0.1, -0.05) is 56.3 Å². The van der Waals surface area contributed by atoms with Crippen LogP contribution in [-0.2, 0) is 17.6 Å². The lowest BCUT2D eigenvalue weighted by molar-refractivity contribution is -0.118. The van der Waals surface area contributed by atoms with Crippen molar-refractivity contribution in [2.75, 3.05) is 24.6 Å². The lowest BCUT2D eigenvalue weighted by Crippen LogP contribution is -2.37. The number of pyridine rings is 1. The van der Waals surface area contributed by atoms with E-state index in [1.54, 1.807) is 17.2 Å². The number of hydrogen-bond donors (Lipinski definition) is 1. The van der Waals surface area contributed by atoms with E-state index in [9.17, 15) is 9.59 Å². The summed E-state index contributed by atoms with van der Waals surface area (Å²) in [6.45, 7) is 5.69. The Morgan fingerprint density at radius 1 is 1.09 bits per heavy atom. The lowest BCUT2D eigenvalue weighted by Gasteiger charge is -2.29. The summed E-state index contributed by atoms with van der Waals surface area (Å²) in [6, 6.07) is 19.5. The van der Waals surface area contributed by atoms with Crippen LogP contribution in [0.4, 0.5) is 5.69 Å². The molecule has 0 aliphatic carbocycles. The molecular weight excluding hydrogens is 426 g/mol. The first-order chi connectivity index (χ1) is 16.5. The molecule has 0 radical (unpaired) electrons. The molecule has 2 heterocycles. The minimum Gasteiger partial charge on any atom is -0.492 e. The molecule has 34 heavy (non-hydrogen) atoms. The number of aromatic nitrogens is 1. The Morgan fingerprint density at radius 3 is 2.59 bits per heavy atom. The number of para-hydroxylation sites is 1. The van der Waals surface area contributed by atoms with Gasteiger partial charge in [-0.15, -0.1) is 0 Å². The molecule has 2 aromatic carbocycles. The fourth-order valence-corrected chi connectivity index (χ4v) is 4.06. The standard InChI is InChI=1S/C28H31N3O3/c1-20(2)22-12-10-21(11-13-22)17-27(32)31-15-6-9-25-26(31)18-23(19-30-25)28(33)29-14-16-34-24-7-4-3-5-8-24/h3-5,7-8,10-13,18-20H,6,9,14-17H2,1-2H3,(H,29,33). The molecule has 176 valence electrons. The maximum Gasteiger partial charge on any atom is 0.253 e. The second-order valence-electron chi connectivity index (χ2n) is 8.83. The van der Waals surface area contributed by atoms with Gasteiger partial charge in [-0.05, 0) is 48.1 Å². The normalized spacial score (nSPS) is 12.9. The molecule has 0 fully saturated rings. The highest BCUT2D eigenvalue weighted by atomic mass is 16.5. The molecule has 0 bridgehead atoms. The number of carbonyl (C=O) groups excluding carboxylic acids is 2. The van der Waals surface area contributed by atoms with Crippen molar-refractivity contribution in [3.05, 3.63) is 89.2 Å². The van der Waals surface area contributed by atoms with Crippen LogP contribution < -0.4 is 15.0 Å². The van der Waals surface area contributed by atoms with E-state index in [1.165, 1.54) is 5.56 Å². The Bertz CT molecular complexity index is 1130. The van der Waals surface area contributed by atoms with Crippen LogP contribution in [0.1, 0.15) is 53.4 Å². The third-order valence-electron chi connectivity index (χ3n) is 6.00. The van der Waals surface area contributed by atoms with Gasteiger partial charge in [0.1, 0.15) is 12.4 Å². The predicted molar refractivity (Wildman–Crippen MR) is 133 cm³/mol. The third kappa shape index (κ3) is 5.81. The van der Waals surface area contributed by atoms with E-state index in [2.05, 4.69) is 36.3 Å². The van der Waals surface area contributed by atoms with Gasteiger partial charge in [0.15, 0.2) is 0 Å². The van der Waals surface area contributed by atoms with E-state index in [1.807, 2.05) is 42.5 Å². The molecule has 1 N–H and O–H groups in total. The van der Waals surface area contributed by atoms with E-state index < -0.39 is 0 Å².